The quantitative estimate of drug-likeness (QED) is 0.805. The minimum atomic E-state index is -0.386. The third-order valence-corrected chi connectivity index (χ3v) is 2.47. The summed E-state index contributed by atoms with van der Waals surface area (Å²) in [5, 5.41) is 0. The fourth-order valence-corrected chi connectivity index (χ4v) is 1.64. The summed E-state index contributed by atoms with van der Waals surface area (Å²) >= 11 is 5.01. The smallest absolute Gasteiger partial charge is 0.165 e. The molecular weight excluding hydrogens is 225 g/mol. The van der Waals surface area contributed by atoms with Crippen molar-refractivity contribution in [2.45, 2.75) is 0 Å². The SMILES string of the molecule is COc1ccc(-c2cccc(=S)[nH]2)cc1F. The average molecular weight is 235 g/mol. The highest BCUT2D eigenvalue weighted by molar-refractivity contribution is 7.71. The molecule has 0 fully saturated rings. The van der Waals surface area contributed by atoms with E-state index in [0.717, 1.165) is 11.3 Å². The molecule has 1 N–H and O–H groups in total. The standard InChI is InChI=1S/C12H10FNOS/c1-15-11-6-5-8(7-9(11)13)10-3-2-4-12(16)14-10/h2-7H,1H3,(H,14,16). The highest BCUT2D eigenvalue weighted by Gasteiger charge is 2.04. The number of methoxy groups -OCH3 is 1. The molecule has 2 nitrogen and oxygen atoms in total. The van der Waals surface area contributed by atoms with Gasteiger partial charge in [0.05, 0.1) is 7.11 Å². The molecule has 0 saturated heterocycles. The van der Waals surface area contributed by atoms with Gasteiger partial charge >= 0.3 is 0 Å². The summed E-state index contributed by atoms with van der Waals surface area (Å²) in [7, 11) is 1.44. The van der Waals surface area contributed by atoms with E-state index in [1.54, 1.807) is 18.2 Å². The number of nitrogens with one attached hydrogen (secondary N) is 1. The molecule has 1 aromatic carbocycles. The van der Waals surface area contributed by atoms with Crippen molar-refractivity contribution in [3.63, 3.8) is 0 Å². The molecule has 1 aromatic heterocycles. The predicted molar refractivity (Wildman–Crippen MR) is 63.6 cm³/mol. The summed E-state index contributed by atoms with van der Waals surface area (Å²) < 4.78 is 18.9. The molecule has 4 heteroatoms. The molecule has 16 heavy (non-hydrogen) atoms. The number of hydrogen-bond donors (Lipinski definition) is 1. The maximum atomic E-state index is 13.5. The van der Waals surface area contributed by atoms with Crippen molar-refractivity contribution in [2.24, 2.45) is 0 Å². The summed E-state index contributed by atoms with van der Waals surface area (Å²) in [6.45, 7) is 0. The number of ether oxygens (including phenoxy) is 1. The normalized spacial score (nSPS) is 10.1. The lowest BCUT2D eigenvalue weighted by Gasteiger charge is -2.05. The van der Waals surface area contributed by atoms with Gasteiger partial charge < -0.3 is 9.72 Å². The van der Waals surface area contributed by atoms with Gasteiger partial charge in [-0.15, -0.1) is 0 Å². The van der Waals surface area contributed by atoms with E-state index in [1.165, 1.54) is 13.2 Å². The van der Waals surface area contributed by atoms with E-state index in [-0.39, 0.29) is 11.6 Å². The van der Waals surface area contributed by atoms with Gasteiger partial charge in [0.2, 0.25) is 0 Å². The molecule has 0 aliphatic carbocycles. The fraction of sp³-hybridized carbons (Fsp3) is 0.0833. The van der Waals surface area contributed by atoms with Crippen LogP contribution < -0.4 is 4.74 Å². The second-order valence-electron chi connectivity index (χ2n) is 3.28. The molecule has 0 aliphatic heterocycles. The Balaban J connectivity index is 2.49. The second-order valence-corrected chi connectivity index (χ2v) is 3.72. The van der Waals surface area contributed by atoms with Crippen LogP contribution >= 0.6 is 12.2 Å². The molecule has 0 saturated carbocycles. The molecule has 0 atom stereocenters. The van der Waals surface area contributed by atoms with E-state index in [4.69, 9.17) is 17.0 Å². The maximum absolute atomic E-state index is 13.5. The van der Waals surface area contributed by atoms with Crippen LogP contribution in [0.3, 0.4) is 0 Å². The number of rotatable bonds is 2. The summed E-state index contributed by atoms with van der Waals surface area (Å²) in [6.07, 6.45) is 0. The number of pyridine rings is 1. The largest absolute Gasteiger partial charge is 0.494 e. The second kappa shape index (κ2) is 4.45. The van der Waals surface area contributed by atoms with Gasteiger partial charge in [-0.1, -0.05) is 18.3 Å². The average Bonchev–Trinajstić information content (AvgIpc) is 2.29. The van der Waals surface area contributed by atoms with Crippen LogP contribution in [0.15, 0.2) is 36.4 Å². The Hall–Kier alpha value is -1.68. The summed E-state index contributed by atoms with van der Waals surface area (Å²) in [5.74, 6) is -0.151. The van der Waals surface area contributed by atoms with Gasteiger partial charge in [-0.25, -0.2) is 4.39 Å². The Morgan fingerprint density at radius 3 is 2.69 bits per heavy atom. The first-order valence-corrected chi connectivity index (χ1v) is 5.15. The van der Waals surface area contributed by atoms with Crippen molar-refractivity contribution in [1.82, 2.24) is 4.98 Å². The summed E-state index contributed by atoms with van der Waals surface area (Å²) in [5.41, 5.74) is 1.53. The highest BCUT2D eigenvalue weighted by atomic mass is 32.1. The van der Waals surface area contributed by atoms with Crippen LogP contribution in [0.5, 0.6) is 5.75 Å². The molecule has 1 heterocycles. The van der Waals surface area contributed by atoms with Gasteiger partial charge in [-0.2, -0.15) is 0 Å². The Kier molecular flexibility index (Phi) is 3.01. The summed E-state index contributed by atoms with van der Waals surface area (Å²) in [4.78, 5) is 3.00. The van der Waals surface area contributed by atoms with Crippen LogP contribution in [-0.4, -0.2) is 12.1 Å². The Morgan fingerprint density at radius 2 is 2.06 bits per heavy atom. The summed E-state index contributed by atoms with van der Waals surface area (Å²) in [6, 6.07) is 10.2. The first-order chi connectivity index (χ1) is 7.70. The van der Waals surface area contributed by atoms with Crippen molar-refractivity contribution in [1.29, 1.82) is 0 Å². The zero-order valence-electron chi connectivity index (χ0n) is 8.66. The lowest BCUT2D eigenvalue weighted by molar-refractivity contribution is 0.386. The van der Waals surface area contributed by atoms with Gasteiger partial charge in [0.25, 0.3) is 0 Å². The first-order valence-electron chi connectivity index (χ1n) is 4.74. The van der Waals surface area contributed by atoms with Crippen molar-refractivity contribution in [2.75, 3.05) is 7.11 Å². The number of aromatic nitrogens is 1. The Morgan fingerprint density at radius 1 is 1.25 bits per heavy atom. The molecule has 0 spiro atoms. The van der Waals surface area contributed by atoms with E-state index in [9.17, 15) is 4.39 Å². The zero-order valence-corrected chi connectivity index (χ0v) is 9.48. The topological polar surface area (TPSA) is 25.0 Å². The van der Waals surface area contributed by atoms with E-state index in [1.807, 2.05) is 12.1 Å². The number of hydrogen-bond acceptors (Lipinski definition) is 2. The van der Waals surface area contributed by atoms with Crippen LogP contribution in [0.1, 0.15) is 0 Å². The Bertz CT molecular complexity index is 565. The third kappa shape index (κ3) is 2.12. The van der Waals surface area contributed by atoms with Crippen LogP contribution in [0.2, 0.25) is 0 Å². The van der Waals surface area contributed by atoms with E-state index in [0.29, 0.717) is 4.64 Å². The first kappa shape index (κ1) is 10.8. The van der Waals surface area contributed by atoms with Crippen molar-refractivity contribution >= 4 is 12.2 Å². The van der Waals surface area contributed by atoms with Gasteiger partial charge in [0.1, 0.15) is 4.64 Å². The number of aromatic amines is 1. The van der Waals surface area contributed by atoms with Crippen LogP contribution in [-0.2, 0) is 0 Å². The predicted octanol–water partition coefficient (Wildman–Crippen LogP) is 3.56. The van der Waals surface area contributed by atoms with Crippen LogP contribution in [0.4, 0.5) is 4.39 Å². The Labute approximate surface area is 97.7 Å². The van der Waals surface area contributed by atoms with E-state index >= 15 is 0 Å². The lowest BCUT2D eigenvalue weighted by Crippen LogP contribution is -1.89. The van der Waals surface area contributed by atoms with Crippen LogP contribution in [0.25, 0.3) is 11.3 Å². The van der Waals surface area contributed by atoms with E-state index < -0.39 is 0 Å². The monoisotopic (exact) mass is 235 g/mol. The third-order valence-electron chi connectivity index (χ3n) is 2.23. The molecular formula is C12H10FNOS. The van der Waals surface area contributed by atoms with Crippen molar-refractivity contribution in [3.05, 3.63) is 46.9 Å². The van der Waals surface area contributed by atoms with Gasteiger partial charge in [-0.05, 0) is 30.3 Å². The van der Waals surface area contributed by atoms with Gasteiger partial charge in [-0.3, -0.25) is 0 Å². The van der Waals surface area contributed by atoms with Crippen LogP contribution in [0, 0.1) is 10.5 Å². The molecule has 0 radical (unpaired) electrons. The van der Waals surface area contributed by atoms with Crippen molar-refractivity contribution < 1.29 is 9.13 Å². The molecule has 2 aromatic rings. The number of benzene rings is 1. The molecule has 0 unspecified atom stereocenters. The minimum Gasteiger partial charge on any atom is -0.494 e. The maximum Gasteiger partial charge on any atom is 0.165 e. The van der Waals surface area contributed by atoms with Gasteiger partial charge in [0, 0.05) is 11.3 Å². The molecule has 0 aliphatic rings. The van der Waals surface area contributed by atoms with E-state index in [2.05, 4.69) is 4.98 Å². The van der Waals surface area contributed by atoms with Crippen molar-refractivity contribution in [3.8, 4) is 17.0 Å². The minimum absolute atomic E-state index is 0.235. The van der Waals surface area contributed by atoms with Gasteiger partial charge in [0.15, 0.2) is 11.6 Å². The number of H-pyrrole nitrogens is 1. The number of halogens is 1. The molecule has 82 valence electrons. The highest BCUT2D eigenvalue weighted by Crippen LogP contribution is 2.23. The molecule has 0 bridgehead atoms. The fourth-order valence-electron chi connectivity index (χ4n) is 1.45. The molecule has 0 amide bonds. The zero-order chi connectivity index (χ0) is 11.5. The molecule has 2 rings (SSSR count). The lowest BCUT2D eigenvalue weighted by atomic mass is 10.1.